The Morgan fingerprint density at radius 3 is 2.04 bits per heavy atom. The fraction of sp³-hybridized carbons (Fsp3) is 0.316. The van der Waals surface area contributed by atoms with E-state index in [-0.39, 0.29) is 12.5 Å². The molecule has 2 rings (SSSR count). The average molecular weight is 367 g/mol. The summed E-state index contributed by atoms with van der Waals surface area (Å²) >= 11 is 0. The van der Waals surface area contributed by atoms with Crippen molar-refractivity contribution < 1.29 is 27.4 Å². The maximum atomic E-state index is 12.1. The van der Waals surface area contributed by atoms with Crippen LogP contribution >= 0.6 is 0 Å². The molecule has 0 fully saturated rings. The van der Waals surface area contributed by atoms with Crippen molar-refractivity contribution in [2.75, 3.05) is 13.7 Å². The van der Waals surface area contributed by atoms with Crippen molar-refractivity contribution in [2.24, 2.45) is 0 Å². The quantitative estimate of drug-likeness (QED) is 0.771. The average Bonchev–Trinajstić information content (AvgIpc) is 2.61. The van der Waals surface area contributed by atoms with Gasteiger partial charge < -0.3 is 14.8 Å². The normalized spacial score (nSPS) is 11.4. The molecule has 26 heavy (non-hydrogen) atoms. The standard InChI is InChI=1S/C19H20F3NO3/c1-25-11-15-6-8-17(9-7-15)18(24)23-10-14-2-4-16(5-3-14)12-26-13-19(20,21)22/h2-9H,10-13H2,1H3,(H,23,24). The lowest BCUT2D eigenvalue weighted by atomic mass is 10.1. The third-order valence-corrected chi connectivity index (χ3v) is 3.54. The number of benzene rings is 2. The van der Waals surface area contributed by atoms with E-state index in [0.29, 0.717) is 24.3 Å². The lowest BCUT2D eigenvalue weighted by Gasteiger charge is -2.09. The fourth-order valence-electron chi connectivity index (χ4n) is 2.24. The molecule has 0 radical (unpaired) electrons. The van der Waals surface area contributed by atoms with Gasteiger partial charge in [0.2, 0.25) is 0 Å². The smallest absolute Gasteiger partial charge is 0.380 e. The minimum absolute atomic E-state index is 0.111. The molecule has 0 aliphatic heterocycles. The van der Waals surface area contributed by atoms with Crippen LogP contribution in [-0.2, 0) is 29.2 Å². The topological polar surface area (TPSA) is 47.6 Å². The van der Waals surface area contributed by atoms with Crippen LogP contribution in [0.3, 0.4) is 0 Å². The first-order valence-electron chi connectivity index (χ1n) is 7.96. The number of methoxy groups -OCH3 is 1. The summed E-state index contributed by atoms with van der Waals surface area (Å²) in [7, 11) is 1.61. The number of nitrogens with one attached hydrogen (secondary N) is 1. The van der Waals surface area contributed by atoms with Gasteiger partial charge in [0.15, 0.2) is 0 Å². The first-order valence-corrected chi connectivity index (χ1v) is 7.96. The van der Waals surface area contributed by atoms with Gasteiger partial charge in [-0.05, 0) is 28.8 Å². The second-order valence-corrected chi connectivity index (χ2v) is 5.74. The van der Waals surface area contributed by atoms with Gasteiger partial charge in [0.1, 0.15) is 6.61 Å². The largest absolute Gasteiger partial charge is 0.411 e. The lowest BCUT2D eigenvalue weighted by Crippen LogP contribution is -2.22. The predicted octanol–water partition coefficient (Wildman–Crippen LogP) is 3.84. The summed E-state index contributed by atoms with van der Waals surface area (Å²) in [4.78, 5) is 12.1. The molecule has 0 aliphatic carbocycles. The molecule has 0 bridgehead atoms. The zero-order chi connectivity index (χ0) is 19.0. The van der Waals surface area contributed by atoms with E-state index in [1.165, 1.54) is 0 Å². The third kappa shape index (κ3) is 6.85. The van der Waals surface area contributed by atoms with Crippen LogP contribution in [0.1, 0.15) is 27.0 Å². The molecule has 0 saturated carbocycles. The predicted molar refractivity (Wildman–Crippen MR) is 90.5 cm³/mol. The monoisotopic (exact) mass is 367 g/mol. The molecule has 0 saturated heterocycles. The number of hydrogen-bond acceptors (Lipinski definition) is 3. The van der Waals surface area contributed by atoms with Gasteiger partial charge >= 0.3 is 6.18 Å². The van der Waals surface area contributed by atoms with Gasteiger partial charge in [-0.1, -0.05) is 36.4 Å². The van der Waals surface area contributed by atoms with Gasteiger partial charge in [0.25, 0.3) is 5.91 Å². The van der Waals surface area contributed by atoms with Crippen molar-refractivity contribution in [3.05, 3.63) is 70.8 Å². The van der Waals surface area contributed by atoms with Crippen molar-refractivity contribution in [1.29, 1.82) is 0 Å². The van der Waals surface area contributed by atoms with Gasteiger partial charge in [-0.2, -0.15) is 13.2 Å². The summed E-state index contributed by atoms with van der Waals surface area (Å²) in [6.45, 7) is -0.572. The molecule has 140 valence electrons. The highest BCUT2D eigenvalue weighted by Crippen LogP contribution is 2.16. The molecule has 1 N–H and O–H groups in total. The SMILES string of the molecule is COCc1ccc(C(=O)NCc2ccc(COCC(F)(F)F)cc2)cc1. The summed E-state index contributed by atoms with van der Waals surface area (Å²) < 4.78 is 45.7. The Hall–Kier alpha value is -2.38. The molecule has 7 heteroatoms. The molecule has 0 aliphatic rings. The second kappa shape index (κ2) is 9.35. The van der Waals surface area contributed by atoms with Crippen molar-refractivity contribution in [2.45, 2.75) is 25.9 Å². The summed E-state index contributed by atoms with van der Waals surface area (Å²) in [5.41, 5.74) is 3.00. The Kier molecular flexibility index (Phi) is 7.17. The van der Waals surface area contributed by atoms with Crippen molar-refractivity contribution >= 4 is 5.91 Å². The number of carbonyl (C=O) groups excluding carboxylic acids is 1. The zero-order valence-corrected chi connectivity index (χ0v) is 14.3. The van der Waals surface area contributed by atoms with Crippen molar-refractivity contribution in [3.8, 4) is 0 Å². The molecule has 0 unspecified atom stereocenters. The molecule has 0 aromatic heterocycles. The molecule has 0 heterocycles. The van der Waals surface area contributed by atoms with Crippen LogP contribution in [0, 0.1) is 0 Å². The van der Waals surface area contributed by atoms with Crippen molar-refractivity contribution in [1.82, 2.24) is 5.32 Å². The molecule has 0 atom stereocenters. The second-order valence-electron chi connectivity index (χ2n) is 5.74. The number of ether oxygens (including phenoxy) is 2. The number of rotatable bonds is 8. The van der Waals surface area contributed by atoms with Gasteiger partial charge in [0.05, 0.1) is 13.2 Å². The first-order chi connectivity index (χ1) is 12.4. The maximum absolute atomic E-state index is 12.1. The number of halogens is 3. The number of hydrogen-bond donors (Lipinski definition) is 1. The first kappa shape index (κ1) is 19.9. The molecule has 1 amide bonds. The van der Waals surface area contributed by atoms with Crippen LogP contribution < -0.4 is 5.32 Å². The van der Waals surface area contributed by atoms with E-state index in [1.807, 2.05) is 12.1 Å². The molecule has 0 spiro atoms. The van der Waals surface area contributed by atoms with E-state index in [2.05, 4.69) is 10.1 Å². The number of alkyl halides is 3. The molecule has 4 nitrogen and oxygen atoms in total. The Labute approximate surface area is 149 Å². The van der Waals surface area contributed by atoms with Crippen LogP contribution in [0.25, 0.3) is 0 Å². The Bertz CT molecular complexity index is 697. The number of carbonyl (C=O) groups is 1. The highest BCUT2D eigenvalue weighted by atomic mass is 19.4. The van der Waals surface area contributed by atoms with E-state index in [4.69, 9.17) is 4.74 Å². The van der Waals surface area contributed by atoms with Gasteiger partial charge in [-0.15, -0.1) is 0 Å². The summed E-state index contributed by atoms with van der Waals surface area (Å²) in [5, 5.41) is 2.80. The van der Waals surface area contributed by atoms with E-state index in [1.54, 1.807) is 43.5 Å². The molecular weight excluding hydrogens is 347 g/mol. The van der Waals surface area contributed by atoms with E-state index in [9.17, 15) is 18.0 Å². The highest BCUT2D eigenvalue weighted by molar-refractivity contribution is 5.94. The zero-order valence-electron chi connectivity index (χ0n) is 14.3. The fourth-order valence-corrected chi connectivity index (χ4v) is 2.24. The minimum Gasteiger partial charge on any atom is -0.380 e. The van der Waals surface area contributed by atoms with Crippen LogP contribution in [-0.4, -0.2) is 25.8 Å². The van der Waals surface area contributed by atoms with E-state index >= 15 is 0 Å². The van der Waals surface area contributed by atoms with E-state index < -0.39 is 12.8 Å². The number of amides is 1. The Morgan fingerprint density at radius 1 is 0.923 bits per heavy atom. The van der Waals surface area contributed by atoms with Gasteiger partial charge in [-0.3, -0.25) is 4.79 Å². The van der Waals surface area contributed by atoms with Crippen LogP contribution in [0.4, 0.5) is 13.2 Å². The summed E-state index contributed by atoms with van der Waals surface area (Å²) in [5.74, 6) is -0.202. The van der Waals surface area contributed by atoms with Crippen LogP contribution in [0.15, 0.2) is 48.5 Å². The Morgan fingerprint density at radius 2 is 1.46 bits per heavy atom. The molecule has 2 aromatic carbocycles. The maximum Gasteiger partial charge on any atom is 0.411 e. The van der Waals surface area contributed by atoms with Crippen LogP contribution in [0.2, 0.25) is 0 Å². The van der Waals surface area contributed by atoms with Crippen molar-refractivity contribution in [3.63, 3.8) is 0 Å². The minimum atomic E-state index is -4.33. The molecule has 2 aromatic rings. The Balaban J connectivity index is 1.80. The van der Waals surface area contributed by atoms with Gasteiger partial charge in [0, 0.05) is 19.2 Å². The van der Waals surface area contributed by atoms with Gasteiger partial charge in [-0.25, -0.2) is 0 Å². The van der Waals surface area contributed by atoms with Crippen LogP contribution in [0.5, 0.6) is 0 Å². The highest BCUT2D eigenvalue weighted by Gasteiger charge is 2.27. The summed E-state index contributed by atoms with van der Waals surface area (Å²) in [6, 6.07) is 14.0. The summed E-state index contributed by atoms with van der Waals surface area (Å²) in [6.07, 6.45) is -4.33. The lowest BCUT2D eigenvalue weighted by molar-refractivity contribution is -0.176. The van der Waals surface area contributed by atoms with E-state index in [0.717, 1.165) is 11.1 Å². The molecular formula is C19H20F3NO3. The third-order valence-electron chi connectivity index (χ3n) is 3.54.